The number of nitrogens with one attached hydrogen (secondary N) is 1. The molecule has 2 heterocycles. The highest BCUT2D eigenvalue weighted by atomic mass is 15.4. The van der Waals surface area contributed by atoms with Gasteiger partial charge in [-0.3, -0.25) is 0 Å². The highest BCUT2D eigenvalue weighted by molar-refractivity contribution is 5.49. The van der Waals surface area contributed by atoms with Crippen LogP contribution in [0, 0.1) is 20.8 Å². The molecule has 2 aromatic rings. The molecule has 1 aromatic heterocycles. The first-order valence-corrected chi connectivity index (χ1v) is 6.53. The van der Waals surface area contributed by atoms with Gasteiger partial charge in [0, 0.05) is 12.1 Å². The summed E-state index contributed by atoms with van der Waals surface area (Å²) in [6.45, 7) is 7.38. The molecule has 1 unspecified atom stereocenters. The topological polar surface area (TPSA) is 29.9 Å². The molecule has 1 atom stereocenters. The molecule has 0 saturated heterocycles. The number of nitrogens with zero attached hydrogens (tertiary/aromatic N) is 2. The van der Waals surface area contributed by atoms with E-state index in [9.17, 15) is 0 Å². The summed E-state index contributed by atoms with van der Waals surface area (Å²) < 4.78 is 2.16. The molecule has 0 saturated carbocycles. The first-order valence-electron chi connectivity index (χ1n) is 6.53. The maximum absolute atomic E-state index is 4.69. The summed E-state index contributed by atoms with van der Waals surface area (Å²) in [5.74, 6) is 1.19. The van der Waals surface area contributed by atoms with Crippen LogP contribution in [0.5, 0.6) is 0 Å². The highest BCUT2D eigenvalue weighted by Crippen LogP contribution is 2.32. The quantitative estimate of drug-likeness (QED) is 0.830. The zero-order valence-corrected chi connectivity index (χ0v) is 11.2. The number of aromatic nitrogens is 2. The smallest absolute Gasteiger partial charge is 0.128 e. The van der Waals surface area contributed by atoms with Crippen LogP contribution in [0.25, 0.3) is 0 Å². The highest BCUT2D eigenvalue weighted by Gasteiger charge is 2.24. The first-order chi connectivity index (χ1) is 8.66. The normalized spacial score (nSPS) is 18.3. The second kappa shape index (κ2) is 4.16. The Morgan fingerprint density at radius 3 is 2.89 bits per heavy atom. The molecule has 1 N–H and O–H groups in total. The summed E-state index contributed by atoms with van der Waals surface area (Å²) in [7, 11) is 0. The average molecular weight is 241 g/mol. The van der Waals surface area contributed by atoms with Crippen LogP contribution in [-0.2, 0) is 0 Å². The molecule has 3 rings (SSSR count). The summed E-state index contributed by atoms with van der Waals surface area (Å²) in [5.41, 5.74) is 5.07. The van der Waals surface area contributed by atoms with Gasteiger partial charge < -0.3 is 5.32 Å². The molecular formula is C15H19N3. The van der Waals surface area contributed by atoms with E-state index in [1.807, 2.05) is 0 Å². The van der Waals surface area contributed by atoms with Gasteiger partial charge in [-0.15, -0.1) is 0 Å². The van der Waals surface area contributed by atoms with Crippen LogP contribution in [0.3, 0.4) is 0 Å². The summed E-state index contributed by atoms with van der Waals surface area (Å²) in [4.78, 5) is 0. The zero-order chi connectivity index (χ0) is 12.7. The number of fused-ring (bicyclic) bond motifs is 1. The number of rotatable bonds is 1. The second-order valence-corrected chi connectivity index (χ2v) is 5.15. The molecule has 94 valence electrons. The summed E-state index contributed by atoms with van der Waals surface area (Å²) in [6.07, 6.45) is 1.09. The largest absolute Gasteiger partial charge is 0.370 e. The van der Waals surface area contributed by atoms with E-state index >= 15 is 0 Å². The Morgan fingerprint density at radius 1 is 1.28 bits per heavy atom. The average Bonchev–Trinajstić information content (AvgIpc) is 2.65. The van der Waals surface area contributed by atoms with Gasteiger partial charge in [0.05, 0.1) is 11.7 Å². The van der Waals surface area contributed by atoms with Crippen molar-refractivity contribution in [2.75, 3.05) is 11.9 Å². The Labute approximate surface area is 108 Å². The fourth-order valence-corrected chi connectivity index (χ4v) is 2.70. The van der Waals surface area contributed by atoms with Crippen LogP contribution in [0.1, 0.15) is 34.8 Å². The van der Waals surface area contributed by atoms with Gasteiger partial charge in [-0.2, -0.15) is 5.10 Å². The van der Waals surface area contributed by atoms with Gasteiger partial charge in [-0.05, 0) is 32.8 Å². The minimum Gasteiger partial charge on any atom is -0.370 e. The molecule has 18 heavy (non-hydrogen) atoms. The number of aryl methyl sites for hydroxylation is 2. The first kappa shape index (κ1) is 11.3. The van der Waals surface area contributed by atoms with E-state index < -0.39 is 0 Å². The predicted octanol–water partition coefficient (Wildman–Crippen LogP) is 3.21. The lowest BCUT2D eigenvalue weighted by molar-refractivity contribution is 0.479. The number of hydrogen-bond acceptors (Lipinski definition) is 2. The number of hydrogen-bond donors (Lipinski definition) is 1. The third kappa shape index (κ3) is 1.70. The molecule has 1 aliphatic heterocycles. The monoisotopic (exact) mass is 241 g/mol. The molecule has 0 spiro atoms. The van der Waals surface area contributed by atoms with Crippen LogP contribution in [0.2, 0.25) is 0 Å². The van der Waals surface area contributed by atoms with Gasteiger partial charge in [-0.25, -0.2) is 4.68 Å². The Balaban J connectivity index is 2.09. The lowest BCUT2D eigenvalue weighted by atomic mass is 10.0. The molecule has 0 bridgehead atoms. The Bertz CT molecular complexity index is 583. The van der Waals surface area contributed by atoms with Crippen LogP contribution < -0.4 is 5.32 Å². The van der Waals surface area contributed by atoms with E-state index in [-0.39, 0.29) is 0 Å². The van der Waals surface area contributed by atoms with Gasteiger partial charge in [0.25, 0.3) is 0 Å². The Kier molecular flexibility index (Phi) is 2.62. The maximum Gasteiger partial charge on any atom is 0.128 e. The number of anilines is 1. The standard InChI is InChI=1S/C15H19N3/c1-10-5-4-6-13(9-10)14-7-8-16-15-11(2)12(3)17-18(14)15/h4-6,9,14,16H,7-8H2,1-3H3. The second-order valence-electron chi connectivity index (χ2n) is 5.15. The lowest BCUT2D eigenvalue weighted by Crippen LogP contribution is -2.24. The molecule has 0 amide bonds. The van der Waals surface area contributed by atoms with Crippen molar-refractivity contribution in [1.82, 2.24) is 9.78 Å². The molecule has 1 aromatic carbocycles. The van der Waals surface area contributed by atoms with Crippen molar-refractivity contribution in [2.45, 2.75) is 33.2 Å². The van der Waals surface area contributed by atoms with E-state index in [1.54, 1.807) is 0 Å². The Hall–Kier alpha value is -1.77. The molecule has 3 nitrogen and oxygen atoms in total. The van der Waals surface area contributed by atoms with E-state index in [2.05, 4.69) is 55.0 Å². The van der Waals surface area contributed by atoms with Crippen molar-refractivity contribution in [3.8, 4) is 0 Å². The maximum atomic E-state index is 4.69. The van der Waals surface area contributed by atoms with Crippen molar-refractivity contribution in [1.29, 1.82) is 0 Å². The van der Waals surface area contributed by atoms with Crippen molar-refractivity contribution >= 4 is 5.82 Å². The van der Waals surface area contributed by atoms with Crippen LogP contribution in [-0.4, -0.2) is 16.3 Å². The van der Waals surface area contributed by atoms with Crippen molar-refractivity contribution in [3.05, 3.63) is 46.6 Å². The predicted molar refractivity (Wildman–Crippen MR) is 74.1 cm³/mol. The number of benzene rings is 1. The third-order valence-corrected chi connectivity index (χ3v) is 3.82. The third-order valence-electron chi connectivity index (χ3n) is 3.82. The van der Waals surface area contributed by atoms with Crippen molar-refractivity contribution in [2.24, 2.45) is 0 Å². The van der Waals surface area contributed by atoms with E-state index in [4.69, 9.17) is 5.10 Å². The van der Waals surface area contributed by atoms with Crippen LogP contribution in [0.4, 0.5) is 5.82 Å². The minimum atomic E-state index is 0.369. The molecule has 0 radical (unpaired) electrons. The zero-order valence-electron chi connectivity index (χ0n) is 11.2. The minimum absolute atomic E-state index is 0.369. The van der Waals surface area contributed by atoms with Gasteiger partial charge in [0.15, 0.2) is 0 Å². The molecular weight excluding hydrogens is 222 g/mol. The summed E-state index contributed by atoms with van der Waals surface area (Å²) in [5, 5.41) is 8.16. The summed E-state index contributed by atoms with van der Waals surface area (Å²) in [6, 6.07) is 9.12. The van der Waals surface area contributed by atoms with Crippen molar-refractivity contribution < 1.29 is 0 Å². The van der Waals surface area contributed by atoms with E-state index in [0.717, 1.165) is 18.7 Å². The molecule has 0 fully saturated rings. The van der Waals surface area contributed by atoms with Crippen molar-refractivity contribution in [3.63, 3.8) is 0 Å². The lowest BCUT2D eigenvalue weighted by Gasteiger charge is -2.26. The Morgan fingerprint density at radius 2 is 2.11 bits per heavy atom. The van der Waals surface area contributed by atoms with Gasteiger partial charge >= 0.3 is 0 Å². The molecule has 1 aliphatic rings. The van der Waals surface area contributed by atoms with Crippen LogP contribution in [0.15, 0.2) is 24.3 Å². The van der Waals surface area contributed by atoms with Gasteiger partial charge in [0.2, 0.25) is 0 Å². The van der Waals surface area contributed by atoms with Crippen LogP contribution >= 0.6 is 0 Å². The molecule has 3 heteroatoms. The molecule has 0 aliphatic carbocycles. The van der Waals surface area contributed by atoms with E-state index in [1.165, 1.54) is 22.5 Å². The SMILES string of the molecule is Cc1cccc(C2CCNc3c(C)c(C)nn32)c1. The van der Waals surface area contributed by atoms with Gasteiger partial charge in [0.1, 0.15) is 5.82 Å². The van der Waals surface area contributed by atoms with Gasteiger partial charge in [-0.1, -0.05) is 29.8 Å². The summed E-state index contributed by atoms with van der Waals surface area (Å²) >= 11 is 0. The fourth-order valence-electron chi connectivity index (χ4n) is 2.70. The fraction of sp³-hybridized carbons (Fsp3) is 0.400. The van der Waals surface area contributed by atoms with E-state index in [0.29, 0.717) is 6.04 Å².